The highest BCUT2D eigenvalue weighted by Gasteiger charge is 2.15. The van der Waals surface area contributed by atoms with E-state index >= 15 is 0 Å². The lowest BCUT2D eigenvalue weighted by molar-refractivity contribution is -0.117. The molecule has 23 heavy (non-hydrogen) atoms. The number of hydrogen-bond donors (Lipinski definition) is 1. The van der Waals surface area contributed by atoms with Gasteiger partial charge in [0.05, 0.1) is 13.0 Å². The summed E-state index contributed by atoms with van der Waals surface area (Å²) in [5.74, 6) is 1.15. The predicted octanol–water partition coefficient (Wildman–Crippen LogP) is 4.64. The second-order valence-electron chi connectivity index (χ2n) is 6.28. The summed E-state index contributed by atoms with van der Waals surface area (Å²) in [5, 5.41) is 2.94. The van der Waals surface area contributed by atoms with Crippen LogP contribution in [0.15, 0.2) is 48.5 Å². The Balaban J connectivity index is 2.03. The number of anilines is 1. The first-order chi connectivity index (χ1) is 11.0. The van der Waals surface area contributed by atoms with Crippen LogP contribution in [0, 0.1) is 5.92 Å². The van der Waals surface area contributed by atoms with Gasteiger partial charge in [0.1, 0.15) is 5.75 Å². The molecule has 0 aromatic heterocycles. The van der Waals surface area contributed by atoms with Gasteiger partial charge in [-0.15, -0.1) is 0 Å². The van der Waals surface area contributed by atoms with Gasteiger partial charge >= 0.3 is 0 Å². The van der Waals surface area contributed by atoms with Crippen molar-refractivity contribution < 1.29 is 9.53 Å². The van der Waals surface area contributed by atoms with E-state index in [2.05, 4.69) is 31.3 Å². The summed E-state index contributed by atoms with van der Waals surface area (Å²) in [5.41, 5.74) is 3.08. The first kappa shape index (κ1) is 17.1. The minimum Gasteiger partial charge on any atom is -0.497 e. The highest BCUT2D eigenvalue weighted by molar-refractivity contribution is 5.95. The first-order valence-corrected chi connectivity index (χ1v) is 8.03. The fourth-order valence-corrected chi connectivity index (χ4v) is 2.52. The third-order valence-corrected chi connectivity index (χ3v) is 3.85. The molecule has 1 amide bonds. The zero-order valence-electron chi connectivity index (χ0n) is 14.3. The normalized spacial score (nSPS) is 12.0. The molecule has 3 nitrogen and oxygen atoms in total. The van der Waals surface area contributed by atoms with E-state index in [4.69, 9.17) is 4.74 Å². The quantitative estimate of drug-likeness (QED) is 0.844. The van der Waals surface area contributed by atoms with Gasteiger partial charge in [-0.2, -0.15) is 0 Å². The molecule has 0 saturated carbocycles. The van der Waals surface area contributed by atoms with E-state index in [-0.39, 0.29) is 11.8 Å². The lowest BCUT2D eigenvalue weighted by atomic mass is 9.96. The number of carbonyl (C=O) groups is 1. The minimum atomic E-state index is -0.200. The number of nitrogens with one attached hydrogen (secondary N) is 1. The Hall–Kier alpha value is -2.29. The van der Waals surface area contributed by atoms with Gasteiger partial charge in [0.25, 0.3) is 0 Å². The number of rotatable bonds is 6. The van der Waals surface area contributed by atoms with Crippen LogP contribution >= 0.6 is 0 Å². The second kappa shape index (κ2) is 7.82. The van der Waals surface area contributed by atoms with Crippen LogP contribution in [0.4, 0.5) is 5.69 Å². The summed E-state index contributed by atoms with van der Waals surface area (Å²) in [7, 11) is 1.61. The highest BCUT2D eigenvalue weighted by Crippen LogP contribution is 2.21. The average Bonchev–Trinajstić information content (AvgIpc) is 2.54. The van der Waals surface area contributed by atoms with E-state index < -0.39 is 0 Å². The number of benzene rings is 2. The zero-order valence-corrected chi connectivity index (χ0v) is 14.3. The summed E-state index contributed by atoms with van der Waals surface area (Å²) >= 11 is 0. The van der Waals surface area contributed by atoms with Crippen LogP contribution in [0.2, 0.25) is 0 Å². The van der Waals surface area contributed by atoms with Crippen LogP contribution in [0.25, 0.3) is 0 Å². The summed E-state index contributed by atoms with van der Waals surface area (Å²) in [6.07, 6.45) is 1.06. The van der Waals surface area contributed by atoms with E-state index in [9.17, 15) is 4.79 Å². The Kier molecular flexibility index (Phi) is 5.80. The van der Waals surface area contributed by atoms with Crippen molar-refractivity contribution in [3.63, 3.8) is 0 Å². The van der Waals surface area contributed by atoms with E-state index in [0.717, 1.165) is 23.4 Å². The molecule has 0 heterocycles. The first-order valence-electron chi connectivity index (χ1n) is 8.03. The van der Waals surface area contributed by atoms with Crippen LogP contribution < -0.4 is 10.1 Å². The second-order valence-corrected chi connectivity index (χ2v) is 6.28. The number of carbonyl (C=O) groups excluding carboxylic acids is 1. The summed E-state index contributed by atoms with van der Waals surface area (Å²) in [6, 6.07) is 15.7. The molecule has 1 atom stereocenters. The van der Waals surface area contributed by atoms with Gasteiger partial charge in [-0.05, 0) is 42.5 Å². The number of methoxy groups -OCH3 is 1. The fourth-order valence-electron chi connectivity index (χ4n) is 2.52. The Morgan fingerprint density at radius 2 is 1.78 bits per heavy atom. The van der Waals surface area contributed by atoms with Crippen LogP contribution in [0.5, 0.6) is 5.75 Å². The Morgan fingerprint density at radius 1 is 1.09 bits per heavy atom. The van der Waals surface area contributed by atoms with Gasteiger partial charge in [0, 0.05) is 11.8 Å². The fraction of sp³-hybridized carbons (Fsp3) is 0.350. The maximum absolute atomic E-state index is 12.4. The van der Waals surface area contributed by atoms with Crippen molar-refractivity contribution in [3.8, 4) is 5.75 Å². The van der Waals surface area contributed by atoms with Gasteiger partial charge in [0.15, 0.2) is 0 Å². The van der Waals surface area contributed by atoms with Crippen molar-refractivity contribution >= 4 is 11.6 Å². The molecular weight excluding hydrogens is 286 g/mol. The molecule has 0 aliphatic carbocycles. The summed E-state index contributed by atoms with van der Waals surface area (Å²) in [4.78, 5) is 12.4. The Morgan fingerprint density at radius 3 is 2.39 bits per heavy atom. The van der Waals surface area contributed by atoms with Crippen molar-refractivity contribution in [2.75, 3.05) is 12.4 Å². The minimum absolute atomic E-state index is 0.0186. The Bertz CT molecular complexity index is 647. The maximum atomic E-state index is 12.4. The van der Waals surface area contributed by atoms with Crippen LogP contribution in [0.3, 0.4) is 0 Å². The van der Waals surface area contributed by atoms with Crippen molar-refractivity contribution in [2.45, 2.75) is 33.1 Å². The molecule has 0 bridgehead atoms. The van der Waals surface area contributed by atoms with Gasteiger partial charge in [0.2, 0.25) is 5.91 Å². The lowest BCUT2D eigenvalue weighted by Crippen LogP contribution is -2.18. The summed E-state index contributed by atoms with van der Waals surface area (Å²) in [6.45, 7) is 6.34. The van der Waals surface area contributed by atoms with Crippen molar-refractivity contribution in [1.82, 2.24) is 0 Å². The lowest BCUT2D eigenvalue weighted by Gasteiger charge is -2.14. The van der Waals surface area contributed by atoms with Crippen LogP contribution in [0.1, 0.15) is 37.8 Å². The van der Waals surface area contributed by atoms with Crippen molar-refractivity contribution in [2.24, 2.45) is 5.92 Å². The highest BCUT2D eigenvalue weighted by atomic mass is 16.5. The largest absolute Gasteiger partial charge is 0.497 e. The molecule has 2 aromatic rings. The monoisotopic (exact) mass is 311 g/mol. The molecule has 3 heteroatoms. The molecule has 0 aliphatic heterocycles. The van der Waals surface area contributed by atoms with E-state index in [1.807, 2.05) is 43.3 Å². The molecule has 0 fully saturated rings. The molecular formula is C20H25NO2. The smallest absolute Gasteiger partial charge is 0.231 e. The van der Waals surface area contributed by atoms with Crippen molar-refractivity contribution in [1.29, 1.82) is 0 Å². The van der Waals surface area contributed by atoms with E-state index in [1.54, 1.807) is 7.11 Å². The van der Waals surface area contributed by atoms with Crippen molar-refractivity contribution in [3.05, 3.63) is 59.7 Å². The van der Waals surface area contributed by atoms with Gasteiger partial charge in [-0.25, -0.2) is 0 Å². The average molecular weight is 311 g/mol. The molecule has 0 saturated heterocycles. The topological polar surface area (TPSA) is 38.3 Å². The van der Waals surface area contributed by atoms with E-state index in [1.165, 1.54) is 5.56 Å². The molecule has 122 valence electrons. The molecule has 1 unspecified atom stereocenters. The zero-order chi connectivity index (χ0) is 16.8. The van der Waals surface area contributed by atoms with Gasteiger partial charge in [-0.3, -0.25) is 4.79 Å². The third kappa shape index (κ3) is 4.85. The summed E-state index contributed by atoms with van der Waals surface area (Å²) < 4.78 is 5.18. The Labute approximate surface area is 138 Å². The SMILES string of the molecule is COc1cccc(NC(=O)C(C)c2ccc(CC(C)C)cc2)c1. The molecule has 2 aromatic carbocycles. The molecule has 1 N–H and O–H groups in total. The van der Waals surface area contributed by atoms with Crippen LogP contribution in [-0.4, -0.2) is 13.0 Å². The standard InChI is InChI=1S/C20H25NO2/c1-14(2)12-16-8-10-17(11-9-16)15(3)20(22)21-18-6-5-7-19(13-18)23-4/h5-11,13-15H,12H2,1-4H3,(H,21,22). The molecule has 0 aliphatic rings. The number of amides is 1. The van der Waals surface area contributed by atoms with Gasteiger partial charge in [-0.1, -0.05) is 44.2 Å². The molecule has 0 radical (unpaired) electrons. The predicted molar refractivity (Wildman–Crippen MR) is 95.0 cm³/mol. The van der Waals surface area contributed by atoms with Gasteiger partial charge < -0.3 is 10.1 Å². The van der Waals surface area contributed by atoms with Crippen LogP contribution in [-0.2, 0) is 11.2 Å². The van der Waals surface area contributed by atoms with E-state index in [0.29, 0.717) is 5.92 Å². The third-order valence-electron chi connectivity index (χ3n) is 3.85. The maximum Gasteiger partial charge on any atom is 0.231 e. The number of hydrogen-bond acceptors (Lipinski definition) is 2. The molecule has 0 spiro atoms. The molecule has 2 rings (SSSR count). The number of ether oxygens (including phenoxy) is 1.